The van der Waals surface area contributed by atoms with Gasteiger partial charge >= 0.3 is 6.09 Å². The Balaban J connectivity index is 1.87. The number of hydrogen-bond acceptors (Lipinski definition) is 4. The lowest BCUT2D eigenvalue weighted by Gasteiger charge is -2.14. The maximum Gasteiger partial charge on any atom is 0.418 e. The minimum atomic E-state index is -0.554. The Morgan fingerprint density at radius 3 is 2.31 bits per heavy atom. The van der Waals surface area contributed by atoms with Gasteiger partial charge < -0.3 is 9.64 Å². The summed E-state index contributed by atoms with van der Waals surface area (Å²) in [5.74, 6) is 1.05. The van der Waals surface area contributed by atoms with Crippen LogP contribution in [-0.4, -0.2) is 34.9 Å². The Morgan fingerprint density at radius 1 is 1.07 bits per heavy atom. The standard InChI is InChI=1S/C23H28N4O2/c1-23(2,3)20-15-21(24-22(28)29-19-9-7-6-8-10-19)27(25-20)18-13-11-17(12-14-18)16-26(4)5/h6-15H,16H2,1-5H3,(H,24,28). The molecular weight excluding hydrogens is 364 g/mol. The van der Waals surface area contributed by atoms with E-state index in [4.69, 9.17) is 9.84 Å². The number of aromatic nitrogens is 2. The maximum absolute atomic E-state index is 12.4. The smallest absolute Gasteiger partial charge is 0.410 e. The molecule has 0 saturated carbocycles. The van der Waals surface area contributed by atoms with Crippen molar-refractivity contribution in [1.29, 1.82) is 0 Å². The molecule has 1 amide bonds. The summed E-state index contributed by atoms with van der Waals surface area (Å²) in [6.45, 7) is 7.13. The highest BCUT2D eigenvalue weighted by Gasteiger charge is 2.22. The summed E-state index contributed by atoms with van der Waals surface area (Å²) in [7, 11) is 4.08. The zero-order chi connectivity index (χ0) is 21.0. The molecule has 0 fully saturated rings. The number of carbonyl (C=O) groups is 1. The van der Waals surface area contributed by atoms with Crippen LogP contribution in [0.25, 0.3) is 5.69 Å². The van der Waals surface area contributed by atoms with E-state index >= 15 is 0 Å². The average molecular weight is 393 g/mol. The molecule has 6 nitrogen and oxygen atoms in total. The first-order valence-electron chi connectivity index (χ1n) is 9.61. The third kappa shape index (κ3) is 5.45. The lowest BCUT2D eigenvalue weighted by molar-refractivity contribution is 0.215. The number of nitrogens with one attached hydrogen (secondary N) is 1. The van der Waals surface area contributed by atoms with Gasteiger partial charge in [-0.3, -0.25) is 5.32 Å². The van der Waals surface area contributed by atoms with Gasteiger partial charge in [0.15, 0.2) is 0 Å². The predicted octanol–water partition coefficient (Wildman–Crippen LogP) is 4.84. The number of ether oxygens (including phenoxy) is 1. The van der Waals surface area contributed by atoms with Gasteiger partial charge in [-0.2, -0.15) is 5.10 Å². The quantitative estimate of drug-likeness (QED) is 0.675. The van der Waals surface area contributed by atoms with E-state index in [-0.39, 0.29) is 5.41 Å². The number of anilines is 1. The number of rotatable bonds is 5. The van der Waals surface area contributed by atoms with Gasteiger partial charge in [0.25, 0.3) is 0 Å². The van der Waals surface area contributed by atoms with E-state index in [0.717, 1.165) is 17.9 Å². The van der Waals surface area contributed by atoms with Crippen LogP contribution >= 0.6 is 0 Å². The second-order valence-corrected chi connectivity index (χ2v) is 8.31. The predicted molar refractivity (Wildman–Crippen MR) is 116 cm³/mol. The van der Waals surface area contributed by atoms with Crippen molar-refractivity contribution in [3.8, 4) is 11.4 Å². The molecule has 0 aliphatic carbocycles. The van der Waals surface area contributed by atoms with Crippen LogP contribution in [-0.2, 0) is 12.0 Å². The third-order valence-corrected chi connectivity index (χ3v) is 4.34. The summed E-state index contributed by atoms with van der Waals surface area (Å²) in [4.78, 5) is 14.5. The zero-order valence-corrected chi connectivity index (χ0v) is 17.6. The van der Waals surface area contributed by atoms with Crippen LogP contribution < -0.4 is 10.1 Å². The van der Waals surface area contributed by atoms with Crippen LogP contribution in [0.3, 0.4) is 0 Å². The molecule has 0 unspecified atom stereocenters. The number of para-hydroxylation sites is 1. The number of carbonyl (C=O) groups excluding carboxylic acids is 1. The van der Waals surface area contributed by atoms with Crippen LogP contribution in [0.1, 0.15) is 32.0 Å². The van der Waals surface area contributed by atoms with Crippen molar-refractivity contribution in [2.75, 3.05) is 19.4 Å². The summed E-state index contributed by atoms with van der Waals surface area (Å²) in [5.41, 5.74) is 2.80. The summed E-state index contributed by atoms with van der Waals surface area (Å²) < 4.78 is 7.11. The molecule has 0 atom stereocenters. The number of nitrogens with zero attached hydrogens (tertiary/aromatic N) is 3. The van der Waals surface area contributed by atoms with Crippen molar-refractivity contribution in [3.05, 3.63) is 71.9 Å². The van der Waals surface area contributed by atoms with Crippen LogP contribution in [0, 0.1) is 0 Å². The highest BCUT2D eigenvalue weighted by molar-refractivity contribution is 5.85. The molecule has 1 N–H and O–H groups in total. The van der Waals surface area contributed by atoms with E-state index in [9.17, 15) is 4.79 Å². The first kappa shape index (κ1) is 20.6. The van der Waals surface area contributed by atoms with Crippen LogP contribution in [0.2, 0.25) is 0 Å². The molecule has 0 spiro atoms. The van der Waals surface area contributed by atoms with Crippen LogP contribution in [0.5, 0.6) is 5.75 Å². The molecule has 1 heterocycles. The molecule has 0 aliphatic heterocycles. The van der Waals surface area contributed by atoms with E-state index in [1.54, 1.807) is 16.8 Å². The van der Waals surface area contributed by atoms with E-state index in [1.807, 2.05) is 50.5 Å². The van der Waals surface area contributed by atoms with Crippen LogP contribution in [0.15, 0.2) is 60.7 Å². The Bertz CT molecular complexity index is 955. The normalized spacial score (nSPS) is 11.5. The summed E-state index contributed by atoms with van der Waals surface area (Å²) in [6.07, 6.45) is -0.554. The van der Waals surface area contributed by atoms with E-state index in [0.29, 0.717) is 11.6 Å². The molecule has 6 heteroatoms. The third-order valence-electron chi connectivity index (χ3n) is 4.34. The molecule has 1 aromatic heterocycles. The molecule has 152 valence electrons. The van der Waals surface area contributed by atoms with Crippen LogP contribution in [0.4, 0.5) is 10.6 Å². The van der Waals surface area contributed by atoms with Crippen molar-refractivity contribution < 1.29 is 9.53 Å². The van der Waals surface area contributed by atoms with Gasteiger partial charge in [-0.25, -0.2) is 9.48 Å². The van der Waals surface area contributed by atoms with Gasteiger partial charge in [-0.05, 0) is 43.9 Å². The van der Waals surface area contributed by atoms with Crippen molar-refractivity contribution in [2.45, 2.75) is 32.7 Å². The fourth-order valence-corrected chi connectivity index (χ4v) is 2.87. The average Bonchev–Trinajstić information content (AvgIpc) is 3.07. The van der Waals surface area contributed by atoms with Gasteiger partial charge in [0.1, 0.15) is 11.6 Å². The molecule has 0 bridgehead atoms. The molecule has 2 aromatic carbocycles. The molecule has 0 radical (unpaired) electrons. The van der Waals surface area contributed by atoms with Crippen molar-refractivity contribution in [1.82, 2.24) is 14.7 Å². The zero-order valence-electron chi connectivity index (χ0n) is 17.6. The first-order chi connectivity index (χ1) is 13.7. The number of benzene rings is 2. The van der Waals surface area contributed by atoms with Gasteiger partial charge in [-0.1, -0.05) is 51.1 Å². The minimum Gasteiger partial charge on any atom is -0.410 e. The fourth-order valence-electron chi connectivity index (χ4n) is 2.87. The van der Waals surface area contributed by atoms with Gasteiger partial charge in [-0.15, -0.1) is 0 Å². The van der Waals surface area contributed by atoms with Crippen molar-refractivity contribution in [3.63, 3.8) is 0 Å². The van der Waals surface area contributed by atoms with Gasteiger partial charge in [0.05, 0.1) is 11.4 Å². The Morgan fingerprint density at radius 2 is 1.72 bits per heavy atom. The molecule has 3 aromatic rings. The fraction of sp³-hybridized carbons (Fsp3) is 0.304. The highest BCUT2D eigenvalue weighted by Crippen LogP contribution is 2.26. The SMILES string of the molecule is CN(C)Cc1ccc(-n2nc(C(C)(C)C)cc2NC(=O)Oc2ccccc2)cc1. The molecule has 0 saturated heterocycles. The summed E-state index contributed by atoms with van der Waals surface area (Å²) in [5, 5.41) is 7.57. The van der Waals surface area contributed by atoms with E-state index in [2.05, 4.69) is 43.1 Å². The minimum absolute atomic E-state index is 0.157. The Hall–Kier alpha value is -3.12. The molecule has 29 heavy (non-hydrogen) atoms. The Labute approximate surface area is 172 Å². The number of hydrogen-bond donors (Lipinski definition) is 1. The maximum atomic E-state index is 12.4. The summed E-state index contributed by atoms with van der Waals surface area (Å²) >= 11 is 0. The second-order valence-electron chi connectivity index (χ2n) is 8.31. The first-order valence-corrected chi connectivity index (χ1v) is 9.61. The topological polar surface area (TPSA) is 59.4 Å². The Kier molecular flexibility index (Phi) is 6.03. The van der Waals surface area contributed by atoms with Crippen molar-refractivity contribution in [2.24, 2.45) is 0 Å². The largest absolute Gasteiger partial charge is 0.418 e. The van der Waals surface area contributed by atoms with Gasteiger partial charge in [0.2, 0.25) is 0 Å². The van der Waals surface area contributed by atoms with E-state index in [1.165, 1.54) is 5.56 Å². The van der Waals surface area contributed by atoms with E-state index < -0.39 is 6.09 Å². The molecule has 3 rings (SSSR count). The lowest BCUT2D eigenvalue weighted by Crippen LogP contribution is -2.19. The number of amides is 1. The van der Waals surface area contributed by atoms with Crippen molar-refractivity contribution >= 4 is 11.9 Å². The highest BCUT2D eigenvalue weighted by atomic mass is 16.6. The molecule has 0 aliphatic rings. The van der Waals surface area contributed by atoms with Gasteiger partial charge in [0, 0.05) is 18.0 Å². The lowest BCUT2D eigenvalue weighted by atomic mass is 9.92. The monoisotopic (exact) mass is 392 g/mol. The second kappa shape index (κ2) is 8.49. The summed E-state index contributed by atoms with van der Waals surface area (Å²) in [6, 6.07) is 19.0. The molecular formula is C23H28N4O2.